The van der Waals surface area contributed by atoms with E-state index >= 15 is 0 Å². The van der Waals surface area contributed by atoms with Gasteiger partial charge in [-0.2, -0.15) is 0 Å². The van der Waals surface area contributed by atoms with Crippen molar-refractivity contribution in [1.82, 2.24) is 9.80 Å². The van der Waals surface area contributed by atoms with Gasteiger partial charge in [-0.3, -0.25) is 4.90 Å². The molecule has 3 rings (SSSR count). The van der Waals surface area contributed by atoms with E-state index in [2.05, 4.69) is 22.3 Å². The van der Waals surface area contributed by atoms with Gasteiger partial charge in [-0.1, -0.05) is 35.9 Å². The number of amides is 2. The summed E-state index contributed by atoms with van der Waals surface area (Å²) in [5.41, 5.74) is 2.00. The molecule has 1 N–H and O–H groups in total. The highest BCUT2D eigenvalue weighted by Gasteiger charge is 2.21. The number of carbonyl (C=O) groups excluding carboxylic acids is 1. The van der Waals surface area contributed by atoms with Gasteiger partial charge in [0.05, 0.1) is 12.3 Å². The van der Waals surface area contributed by atoms with Crippen molar-refractivity contribution in [2.24, 2.45) is 0 Å². The van der Waals surface area contributed by atoms with Crippen molar-refractivity contribution in [3.63, 3.8) is 0 Å². The molecule has 0 unspecified atom stereocenters. The van der Waals surface area contributed by atoms with E-state index in [4.69, 9.17) is 16.3 Å². The zero-order chi connectivity index (χ0) is 19.1. The van der Waals surface area contributed by atoms with E-state index in [0.29, 0.717) is 12.4 Å². The van der Waals surface area contributed by atoms with Gasteiger partial charge in [-0.05, 0) is 43.2 Å². The fraction of sp³-hybridized carbons (Fsp3) is 0.381. The lowest BCUT2D eigenvalue weighted by Crippen LogP contribution is -2.50. The molecule has 0 aromatic heterocycles. The van der Waals surface area contributed by atoms with Crippen molar-refractivity contribution >= 4 is 23.3 Å². The maximum Gasteiger partial charge on any atom is 0.322 e. The summed E-state index contributed by atoms with van der Waals surface area (Å²) in [6.07, 6.45) is 0.991. The summed E-state index contributed by atoms with van der Waals surface area (Å²) in [7, 11) is 0. The molecule has 2 aromatic carbocycles. The molecule has 1 heterocycles. The Morgan fingerprint density at radius 3 is 2.48 bits per heavy atom. The monoisotopic (exact) mass is 387 g/mol. The van der Waals surface area contributed by atoms with E-state index in [-0.39, 0.29) is 6.03 Å². The maximum atomic E-state index is 12.6. The Morgan fingerprint density at radius 1 is 1.07 bits per heavy atom. The van der Waals surface area contributed by atoms with Crippen LogP contribution in [-0.2, 0) is 6.42 Å². The molecule has 2 amide bonds. The Balaban J connectivity index is 1.46. The van der Waals surface area contributed by atoms with Gasteiger partial charge in [0.2, 0.25) is 0 Å². The topological polar surface area (TPSA) is 44.8 Å². The average Bonchev–Trinajstić information content (AvgIpc) is 2.69. The molecule has 27 heavy (non-hydrogen) atoms. The number of ether oxygens (including phenoxy) is 1. The van der Waals surface area contributed by atoms with Crippen LogP contribution in [0.4, 0.5) is 10.5 Å². The zero-order valence-corrected chi connectivity index (χ0v) is 16.4. The Kier molecular flexibility index (Phi) is 6.96. The van der Waals surface area contributed by atoms with Crippen molar-refractivity contribution in [2.75, 3.05) is 44.6 Å². The number of benzene rings is 2. The first-order valence-electron chi connectivity index (χ1n) is 9.40. The second-order valence-electron chi connectivity index (χ2n) is 6.56. The predicted octanol–water partition coefficient (Wildman–Crippen LogP) is 4.13. The minimum Gasteiger partial charge on any atom is -0.492 e. The number of halogens is 1. The Bertz CT molecular complexity index is 743. The number of nitrogens with zero attached hydrogens (tertiary/aromatic N) is 2. The summed E-state index contributed by atoms with van der Waals surface area (Å²) in [5, 5.41) is 3.74. The lowest BCUT2D eigenvalue weighted by molar-refractivity contribution is 0.148. The lowest BCUT2D eigenvalue weighted by Gasteiger charge is -2.34. The molecule has 0 saturated carbocycles. The van der Waals surface area contributed by atoms with Gasteiger partial charge in [0.1, 0.15) is 5.75 Å². The SMILES string of the molecule is CCOc1ccccc1NC(=O)N1CCN(CCc2ccc(Cl)cc2)CC1. The normalized spacial score (nSPS) is 14.8. The second kappa shape index (κ2) is 9.62. The van der Waals surface area contributed by atoms with Crippen LogP contribution in [0.15, 0.2) is 48.5 Å². The summed E-state index contributed by atoms with van der Waals surface area (Å²) in [5.74, 6) is 0.704. The minimum atomic E-state index is -0.0699. The fourth-order valence-corrected chi connectivity index (χ4v) is 3.28. The van der Waals surface area contributed by atoms with Gasteiger partial charge in [0.25, 0.3) is 0 Å². The third-order valence-corrected chi connectivity index (χ3v) is 4.97. The Labute approximate surface area is 165 Å². The van der Waals surface area contributed by atoms with Crippen LogP contribution in [0.25, 0.3) is 0 Å². The van der Waals surface area contributed by atoms with Gasteiger partial charge >= 0.3 is 6.03 Å². The Morgan fingerprint density at radius 2 is 1.78 bits per heavy atom. The highest BCUT2D eigenvalue weighted by molar-refractivity contribution is 6.30. The molecule has 5 nitrogen and oxygen atoms in total. The van der Waals surface area contributed by atoms with Crippen molar-refractivity contribution in [1.29, 1.82) is 0 Å². The molecule has 0 spiro atoms. The highest BCUT2D eigenvalue weighted by Crippen LogP contribution is 2.24. The van der Waals surface area contributed by atoms with Crippen molar-refractivity contribution in [2.45, 2.75) is 13.3 Å². The van der Waals surface area contributed by atoms with E-state index < -0.39 is 0 Å². The zero-order valence-electron chi connectivity index (χ0n) is 15.7. The molecule has 0 aliphatic carbocycles. The van der Waals surface area contributed by atoms with E-state index in [1.54, 1.807) is 0 Å². The molecule has 0 bridgehead atoms. The third kappa shape index (κ3) is 5.62. The Hall–Kier alpha value is -2.24. The largest absolute Gasteiger partial charge is 0.492 e. The van der Waals surface area contributed by atoms with Crippen molar-refractivity contribution in [3.8, 4) is 5.75 Å². The summed E-state index contributed by atoms with van der Waals surface area (Å²) in [6, 6.07) is 15.5. The lowest BCUT2D eigenvalue weighted by atomic mass is 10.1. The molecular formula is C21H26ClN3O2. The van der Waals surface area contributed by atoms with E-state index in [0.717, 1.165) is 49.9 Å². The number of hydrogen-bond donors (Lipinski definition) is 1. The van der Waals surface area contributed by atoms with Crippen LogP contribution in [0.1, 0.15) is 12.5 Å². The van der Waals surface area contributed by atoms with Gasteiger partial charge in [0, 0.05) is 37.7 Å². The van der Waals surface area contributed by atoms with Gasteiger partial charge in [-0.25, -0.2) is 4.79 Å². The van der Waals surface area contributed by atoms with Crippen LogP contribution < -0.4 is 10.1 Å². The van der Waals surface area contributed by atoms with E-state index in [1.165, 1.54) is 5.56 Å². The summed E-state index contributed by atoms with van der Waals surface area (Å²) in [4.78, 5) is 16.8. The number of anilines is 1. The van der Waals surface area contributed by atoms with Gasteiger partial charge in [-0.15, -0.1) is 0 Å². The summed E-state index contributed by atoms with van der Waals surface area (Å²) in [6.45, 7) is 6.71. The number of urea groups is 1. The van der Waals surface area contributed by atoms with Gasteiger partial charge in [0.15, 0.2) is 0 Å². The first-order valence-corrected chi connectivity index (χ1v) is 9.78. The first-order chi connectivity index (χ1) is 13.2. The van der Waals surface area contributed by atoms with Crippen molar-refractivity contribution in [3.05, 3.63) is 59.1 Å². The third-order valence-electron chi connectivity index (χ3n) is 4.72. The van der Waals surface area contributed by atoms with Crippen LogP contribution in [0, 0.1) is 0 Å². The molecule has 6 heteroatoms. The minimum absolute atomic E-state index is 0.0699. The van der Waals surface area contributed by atoms with E-state index in [1.807, 2.05) is 48.2 Å². The second-order valence-corrected chi connectivity index (χ2v) is 7.00. The quantitative estimate of drug-likeness (QED) is 0.810. The number of piperazine rings is 1. The molecule has 0 atom stereocenters. The number of carbonyl (C=O) groups is 1. The van der Waals surface area contributed by atoms with Crippen LogP contribution in [-0.4, -0.2) is 55.2 Å². The number of rotatable bonds is 6. The molecule has 144 valence electrons. The van der Waals surface area contributed by atoms with Gasteiger partial charge < -0.3 is 15.0 Å². The molecule has 0 radical (unpaired) electrons. The molecule has 1 saturated heterocycles. The standard InChI is InChI=1S/C21H26ClN3O2/c1-2-27-20-6-4-3-5-19(20)23-21(26)25-15-13-24(14-16-25)12-11-17-7-9-18(22)10-8-17/h3-10H,2,11-16H2,1H3,(H,23,26). The van der Waals surface area contributed by atoms with E-state index in [9.17, 15) is 4.79 Å². The van der Waals surface area contributed by atoms with Crippen LogP contribution in [0.3, 0.4) is 0 Å². The smallest absolute Gasteiger partial charge is 0.322 e. The van der Waals surface area contributed by atoms with Crippen molar-refractivity contribution < 1.29 is 9.53 Å². The molecule has 1 fully saturated rings. The average molecular weight is 388 g/mol. The molecular weight excluding hydrogens is 362 g/mol. The van der Waals surface area contributed by atoms with Crippen LogP contribution >= 0.6 is 11.6 Å². The number of nitrogens with one attached hydrogen (secondary N) is 1. The molecule has 2 aromatic rings. The molecule has 1 aliphatic rings. The highest BCUT2D eigenvalue weighted by atomic mass is 35.5. The summed E-state index contributed by atoms with van der Waals surface area (Å²) >= 11 is 5.93. The fourth-order valence-electron chi connectivity index (χ4n) is 3.16. The summed E-state index contributed by atoms with van der Waals surface area (Å²) < 4.78 is 5.57. The molecule has 1 aliphatic heterocycles. The number of hydrogen-bond acceptors (Lipinski definition) is 3. The number of para-hydroxylation sites is 2. The van der Waals surface area contributed by atoms with Crippen LogP contribution in [0.2, 0.25) is 5.02 Å². The maximum absolute atomic E-state index is 12.6. The van der Waals surface area contributed by atoms with Crippen LogP contribution in [0.5, 0.6) is 5.75 Å². The predicted molar refractivity (Wildman–Crippen MR) is 110 cm³/mol. The first kappa shape index (κ1) is 19.5.